The van der Waals surface area contributed by atoms with Crippen LogP contribution in [-0.4, -0.2) is 52.2 Å². The Bertz CT molecular complexity index is 587. The van der Waals surface area contributed by atoms with Gasteiger partial charge in [-0.1, -0.05) is 6.07 Å². The highest BCUT2D eigenvalue weighted by Crippen LogP contribution is 2.14. The third-order valence-corrected chi connectivity index (χ3v) is 5.44. The number of nitrogens with one attached hydrogen (secondary N) is 1. The summed E-state index contributed by atoms with van der Waals surface area (Å²) in [5.74, 6) is 0. The van der Waals surface area contributed by atoms with E-state index in [0.717, 1.165) is 17.7 Å². The highest BCUT2D eigenvalue weighted by atomic mass is 32.2. The van der Waals surface area contributed by atoms with E-state index in [2.05, 4.69) is 16.5 Å². The third-order valence-electron chi connectivity index (χ3n) is 3.99. The van der Waals surface area contributed by atoms with Crippen molar-refractivity contribution in [3.8, 4) is 0 Å². The molecule has 1 aliphatic rings. The lowest BCUT2D eigenvalue weighted by Gasteiger charge is -2.33. The molecule has 0 aromatic heterocycles. The van der Waals surface area contributed by atoms with Crippen LogP contribution in [0.1, 0.15) is 18.1 Å². The zero-order valence-electron chi connectivity index (χ0n) is 12.9. The molecule has 0 aliphatic carbocycles. The molecule has 1 saturated heterocycles. The van der Waals surface area contributed by atoms with Gasteiger partial charge < -0.3 is 4.74 Å². The zero-order valence-corrected chi connectivity index (χ0v) is 13.7. The molecule has 21 heavy (non-hydrogen) atoms. The van der Waals surface area contributed by atoms with Crippen LogP contribution in [0, 0.1) is 13.8 Å². The van der Waals surface area contributed by atoms with Crippen molar-refractivity contribution in [1.82, 2.24) is 9.62 Å². The molecule has 0 unspecified atom stereocenters. The largest absolute Gasteiger partial charge is 0.379 e. The van der Waals surface area contributed by atoms with Crippen LogP contribution in [0.15, 0.2) is 23.1 Å². The van der Waals surface area contributed by atoms with Gasteiger partial charge in [0.05, 0.1) is 18.1 Å². The van der Waals surface area contributed by atoms with Crippen molar-refractivity contribution in [2.24, 2.45) is 0 Å². The van der Waals surface area contributed by atoms with Crippen LogP contribution in [0.25, 0.3) is 0 Å². The molecular formula is C15H24N2O3S. The molecule has 0 saturated carbocycles. The maximum atomic E-state index is 12.3. The Kier molecular flexibility index (Phi) is 5.37. The number of sulfonamides is 1. The smallest absolute Gasteiger partial charge is 0.240 e. The summed E-state index contributed by atoms with van der Waals surface area (Å²) in [7, 11) is -3.43. The van der Waals surface area contributed by atoms with Crippen molar-refractivity contribution < 1.29 is 13.2 Å². The van der Waals surface area contributed by atoms with E-state index in [0.29, 0.717) is 37.2 Å². The van der Waals surface area contributed by atoms with Crippen molar-refractivity contribution in [1.29, 1.82) is 0 Å². The summed E-state index contributed by atoms with van der Waals surface area (Å²) in [6.07, 6.45) is 0. The highest BCUT2D eigenvalue weighted by Gasteiger charge is 2.19. The Morgan fingerprint density at radius 2 is 2.10 bits per heavy atom. The summed E-state index contributed by atoms with van der Waals surface area (Å²) in [6.45, 7) is 9.39. The Hall–Kier alpha value is -0.950. The molecule has 0 amide bonds. The van der Waals surface area contributed by atoms with E-state index in [1.54, 1.807) is 12.1 Å². The molecule has 1 N–H and O–H groups in total. The first-order valence-corrected chi connectivity index (χ1v) is 8.77. The van der Waals surface area contributed by atoms with Gasteiger partial charge in [-0.15, -0.1) is 0 Å². The van der Waals surface area contributed by atoms with Crippen LogP contribution >= 0.6 is 0 Å². The maximum Gasteiger partial charge on any atom is 0.240 e. The van der Waals surface area contributed by atoms with E-state index >= 15 is 0 Å². The predicted molar refractivity (Wildman–Crippen MR) is 83.0 cm³/mol. The van der Waals surface area contributed by atoms with Crippen LogP contribution in [0.2, 0.25) is 0 Å². The fourth-order valence-electron chi connectivity index (χ4n) is 2.38. The van der Waals surface area contributed by atoms with Gasteiger partial charge in [-0.2, -0.15) is 0 Å². The summed E-state index contributed by atoms with van der Waals surface area (Å²) in [5.41, 5.74) is 2.08. The van der Waals surface area contributed by atoms with Crippen molar-refractivity contribution in [3.05, 3.63) is 29.3 Å². The van der Waals surface area contributed by atoms with Crippen LogP contribution in [0.4, 0.5) is 0 Å². The van der Waals surface area contributed by atoms with Crippen LogP contribution in [0.5, 0.6) is 0 Å². The summed E-state index contributed by atoms with van der Waals surface area (Å²) >= 11 is 0. The molecular weight excluding hydrogens is 288 g/mol. The number of hydrogen-bond donors (Lipinski definition) is 1. The Balaban J connectivity index is 1.93. The first-order chi connectivity index (χ1) is 9.90. The SMILES string of the molecule is Cc1ccc(S(=O)(=O)NCCN2CCOC[C@@H]2C)cc1C. The Labute approximate surface area is 127 Å². The quantitative estimate of drug-likeness (QED) is 0.890. The van der Waals surface area contributed by atoms with Crippen molar-refractivity contribution >= 4 is 10.0 Å². The number of aryl methyl sites for hydroxylation is 2. The standard InChI is InChI=1S/C15H24N2O3S/c1-12-4-5-15(10-13(12)2)21(18,19)16-6-7-17-8-9-20-11-14(17)3/h4-5,10,14,16H,6-9,11H2,1-3H3/t14-/m0/s1. The number of nitrogens with zero attached hydrogens (tertiary/aromatic N) is 1. The van der Waals surface area contributed by atoms with Gasteiger partial charge in [0.25, 0.3) is 0 Å². The van der Waals surface area contributed by atoms with Crippen molar-refractivity contribution in [3.63, 3.8) is 0 Å². The number of benzene rings is 1. The van der Waals surface area contributed by atoms with Gasteiger partial charge in [0.2, 0.25) is 10.0 Å². The molecule has 1 heterocycles. The Morgan fingerprint density at radius 3 is 2.76 bits per heavy atom. The van der Waals surface area contributed by atoms with E-state index in [1.807, 2.05) is 19.9 Å². The van der Waals surface area contributed by atoms with Crippen LogP contribution in [-0.2, 0) is 14.8 Å². The second-order valence-corrected chi connectivity index (χ2v) is 7.37. The van der Waals surface area contributed by atoms with Crippen molar-refractivity contribution in [2.45, 2.75) is 31.7 Å². The summed E-state index contributed by atoms with van der Waals surface area (Å²) in [4.78, 5) is 2.58. The fraction of sp³-hybridized carbons (Fsp3) is 0.600. The maximum absolute atomic E-state index is 12.3. The van der Waals surface area contributed by atoms with Crippen LogP contribution in [0.3, 0.4) is 0 Å². The molecule has 0 radical (unpaired) electrons. The number of ether oxygens (including phenoxy) is 1. The summed E-state index contributed by atoms with van der Waals surface area (Å²) in [6, 6.07) is 5.55. The molecule has 6 heteroatoms. The first kappa shape index (κ1) is 16.4. The average Bonchev–Trinajstić information content (AvgIpc) is 2.44. The molecule has 2 rings (SSSR count). The first-order valence-electron chi connectivity index (χ1n) is 7.29. The van der Waals surface area contributed by atoms with Gasteiger partial charge in [-0.25, -0.2) is 13.1 Å². The van der Waals surface area contributed by atoms with Gasteiger partial charge >= 0.3 is 0 Å². The summed E-state index contributed by atoms with van der Waals surface area (Å²) < 4.78 is 32.6. The lowest BCUT2D eigenvalue weighted by molar-refractivity contribution is 0.000989. The lowest BCUT2D eigenvalue weighted by Crippen LogP contribution is -2.46. The van der Waals surface area contributed by atoms with E-state index in [1.165, 1.54) is 0 Å². The molecule has 5 nitrogen and oxygen atoms in total. The van der Waals surface area contributed by atoms with Gasteiger partial charge in [0.15, 0.2) is 0 Å². The van der Waals surface area contributed by atoms with Crippen molar-refractivity contribution in [2.75, 3.05) is 32.8 Å². The van der Waals surface area contributed by atoms with Gasteiger partial charge in [-0.05, 0) is 44.0 Å². The monoisotopic (exact) mass is 312 g/mol. The van der Waals surface area contributed by atoms with Crippen LogP contribution < -0.4 is 4.72 Å². The number of morpholine rings is 1. The summed E-state index contributed by atoms with van der Waals surface area (Å²) in [5, 5.41) is 0. The molecule has 0 bridgehead atoms. The minimum absolute atomic E-state index is 0.334. The van der Waals surface area contributed by atoms with E-state index in [9.17, 15) is 8.42 Å². The molecule has 1 aliphatic heterocycles. The number of rotatable bonds is 5. The minimum Gasteiger partial charge on any atom is -0.379 e. The topological polar surface area (TPSA) is 58.6 Å². The minimum atomic E-state index is -3.43. The molecule has 1 fully saturated rings. The predicted octanol–water partition coefficient (Wildman–Crippen LogP) is 1.30. The van der Waals surface area contributed by atoms with E-state index in [4.69, 9.17) is 4.74 Å². The zero-order chi connectivity index (χ0) is 15.5. The lowest BCUT2D eigenvalue weighted by atomic mass is 10.1. The molecule has 1 aromatic rings. The molecule has 1 aromatic carbocycles. The number of hydrogen-bond acceptors (Lipinski definition) is 4. The highest BCUT2D eigenvalue weighted by molar-refractivity contribution is 7.89. The third kappa shape index (κ3) is 4.26. The molecule has 1 atom stereocenters. The average molecular weight is 312 g/mol. The normalized spacial score (nSPS) is 20.6. The molecule has 0 spiro atoms. The van der Waals surface area contributed by atoms with Gasteiger partial charge in [0, 0.05) is 25.7 Å². The van der Waals surface area contributed by atoms with E-state index in [-0.39, 0.29) is 0 Å². The van der Waals surface area contributed by atoms with E-state index < -0.39 is 10.0 Å². The fourth-order valence-corrected chi connectivity index (χ4v) is 3.49. The van der Waals surface area contributed by atoms with Gasteiger partial charge in [-0.3, -0.25) is 4.90 Å². The molecule has 118 valence electrons. The van der Waals surface area contributed by atoms with Gasteiger partial charge in [0.1, 0.15) is 0 Å². The Morgan fingerprint density at radius 1 is 1.33 bits per heavy atom. The second kappa shape index (κ2) is 6.87. The second-order valence-electron chi connectivity index (χ2n) is 5.60.